The summed E-state index contributed by atoms with van der Waals surface area (Å²) in [4.78, 5) is 20.5. The van der Waals surface area contributed by atoms with Crippen molar-refractivity contribution in [1.82, 2.24) is 10.2 Å². The van der Waals surface area contributed by atoms with Crippen molar-refractivity contribution in [2.45, 2.75) is 39.0 Å². The number of hydrogen-bond acceptors (Lipinski definition) is 5. The summed E-state index contributed by atoms with van der Waals surface area (Å²) >= 11 is 0. The smallest absolute Gasteiger partial charge is 0.305 e. The molecule has 0 amide bonds. The fourth-order valence-corrected chi connectivity index (χ4v) is 3.50. The van der Waals surface area contributed by atoms with Crippen LogP contribution < -0.4 is 15.0 Å². The molecule has 1 aromatic rings. The van der Waals surface area contributed by atoms with Crippen LogP contribution in [0.5, 0.6) is 5.75 Å². The zero-order valence-corrected chi connectivity index (χ0v) is 20.9. The van der Waals surface area contributed by atoms with E-state index >= 15 is 0 Å². The monoisotopic (exact) mass is 532 g/mol. The molecular weight excluding hydrogens is 495 g/mol. The number of hydrogen-bond donors (Lipinski definition) is 1. The van der Waals surface area contributed by atoms with Crippen LogP contribution in [0.15, 0.2) is 29.3 Å². The molecule has 1 aromatic carbocycles. The molecule has 0 saturated carbocycles. The molecule has 30 heavy (non-hydrogen) atoms. The number of anilines is 1. The van der Waals surface area contributed by atoms with Crippen molar-refractivity contribution in [3.05, 3.63) is 24.3 Å². The maximum atomic E-state index is 11.3. The summed E-state index contributed by atoms with van der Waals surface area (Å²) in [6, 6.07) is 8.23. The summed E-state index contributed by atoms with van der Waals surface area (Å²) in [5.41, 5.74) is 1.20. The Morgan fingerprint density at radius 3 is 2.53 bits per heavy atom. The normalized spacial score (nSPS) is 14.2. The second kappa shape index (κ2) is 15.1. The Labute approximate surface area is 198 Å². The van der Waals surface area contributed by atoms with Gasteiger partial charge in [0.2, 0.25) is 0 Å². The Morgan fingerprint density at radius 1 is 1.13 bits per heavy atom. The van der Waals surface area contributed by atoms with Gasteiger partial charge in [-0.15, -0.1) is 24.0 Å². The average Bonchev–Trinajstić information content (AvgIpc) is 2.76. The molecule has 0 radical (unpaired) electrons. The third-order valence-corrected chi connectivity index (χ3v) is 5.11. The number of benzene rings is 1. The summed E-state index contributed by atoms with van der Waals surface area (Å²) in [6.45, 7) is 7.02. The van der Waals surface area contributed by atoms with Gasteiger partial charge in [-0.2, -0.15) is 0 Å². The Kier molecular flexibility index (Phi) is 13.3. The van der Waals surface area contributed by atoms with Gasteiger partial charge in [0, 0.05) is 57.9 Å². The summed E-state index contributed by atoms with van der Waals surface area (Å²) in [6.07, 6.45) is 4.66. The highest BCUT2D eigenvalue weighted by Crippen LogP contribution is 2.22. The fraction of sp³-hybridized carbons (Fsp3) is 0.636. The van der Waals surface area contributed by atoms with E-state index in [1.54, 1.807) is 7.11 Å². The van der Waals surface area contributed by atoms with Crippen LogP contribution in [0.2, 0.25) is 0 Å². The van der Waals surface area contributed by atoms with Crippen LogP contribution in [0.25, 0.3) is 0 Å². The molecule has 0 aliphatic carbocycles. The van der Waals surface area contributed by atoms with Crippen molar-refractivity contribution in [3.63, 3.8) is 0 Å². The number of unbranched alkanes of at least 4 members (excludes halogenated alkanes) is 3. The quantitative estimate of drug-likeness (QED) is 0.164. The second-order valence-electron chi connectivity index (χ2n) is 7.12. The largest absolute Gasteiger partial charge is 0.497 e. The van der Waals surface area contributed by atoms with Gasteiger partial charge in [0.05, 0.1) is 13.7 Å². The zero-order valence-electron chi connectivity index (χ0n) is 18.6. The first-order valence-electron chi connectivity index (χ1n) is 10.7. The minimum Gasteiger partial charge on any atom is -0.497 e. The van der Waals surface area contributed by atoms with Gasteiger partial charge >= 0.3 is 5.97 Å². The highest BCUT2D eigenvalue weighted by Gasteiger charge is 2.19. The lowest BCUT2D eigenvalue weighted by molar-refractivity contribution is -0.143. The van der Waals surface area contributed by atoms with Gasteiger partial charge in [0.15, 0.2) is 5.96 Å². The molecule has 8 heteroatoms. The van der Waals surface area contributed by atoms with Crippen molar-refractivity contribution in [2.75, 3.05) is 58.4 Å². The Hall–Kier alpha value is -1.71. The summed E-state index contributed by atoms with van der Waals surface area (Å²) in [7, 11) is 3.54. The molecule has 0 aromatic heterocycles. The minimum absolute atomic E-state index is 0. The molecule has 0 bridgehead atoms. The second-order valence-corrected chi connectivity index (χ2v) is 7.12. The Bertz CT molecular complexity index is 649. The number of ether oxygens (including phenoxy) is 2. The first-order chi connectivity index (χ1) is 14.2. The highest BCUT2D eigenvalue weighted by atomic mass is 127. The summed E-state index contributed by atoms with van der Waals surface area (Å²) in [5, 5.41) is 3.48. The molecule has 1 heterocycles. The van der Waals surface area contributed by atoms with Gasteiger partial charge in [-0.05, 0) is 31.9 Å². The number of guanidine groups is 1. The molecule has 7 nitrogen and oxygen atoms in total. The fourth-order valence-electron chi connectivity index (χ4n) is 3.50. The van der Waals surface area contributed by atoms with E-state index in [2.05, 4.69) is 32.2 Å². The van der Waals surface area contributed by atoms with E-state index in [0.29, 0.717) is 13.0 Å². The van der Waals surface area contributed by atoms with E-state index in [-0.39, 0.29) is 29.9 Å². The van der Waals surface area contributed by atoms with Gasteiger partial charge in [-0.25, -0.2) is 0 Å². The lowest BCUT2D eigenvalue weighted by atomic mass is 10.1. The third-order valence-electron chi connectivity index (χ3n) is 5.11. The van der Waals surface area contributed by atoms with Crippen LogP contribution in [0.1, 0.15) is 39.0 Å². The average molecular weight is 532 g/mol. The molecule has 1 saturated heterocycles. The lowest BCUT2D eigenvalue weighted by Gasteiger charge is -2.37. The number of methoxy groups -OCH3 is 1. The van der Waals surface area contributed by atoms with Gasteiger partial charge in [-0.1, -0.05) is 18.9 Å². The zero-order chi connectivity index (χ0) is 20.9. The van der Waals surface area contributed by atoms with Gasteiger partial charge in [-0.3, -0.25) is 9.79 Å². The number of nitrogens with one attached hydrogen (secondary N) is 1. The van der Waals surface area contributed by atoms with Crippen molar-refractivity contribution >= 4 is 41.6 Å². The molecule has 0 atom stereocenters. The lowest BCUT2D eigenvalue weighted by Crippen LogP contribution is -2.52. The number of nitrogens with zero attached hydrogens (tertiary/aromatic N) is 3. The van der Waals surface area contributed by atoms with Crippen LogP contribution in [-0.2, 0) is 9.53 Å². The topological polar surface area (TPSA) is 66.4 Å². The standard InChI is InChI=1S/C22H36N4O3.HI/c1-4-29-21(27)12-7-5-6-8-13-24-22(23-2)26-16-14-25(15-17-26)19-10-9-11-20(18-19)28-3;/h9-11,18H,4-8,12-17H2,1-3H3,(H,23,24);1H. The number of carbonyl (C=O) groups is 1. The van der Waals surface area contributed by atoms with Gasteiger partial charge < -0.3 is 24.6 Å². The van der Waals surface area contributed by atoms with E-state index in [0.717, 1.165) is 70.1 Å². The molecule has 1 N–H and O–H groups in total. The van der Waals surface area contributed by atoms with E-state index in [9.17, 15) is 4.79 Å². The number of aliphatic imine (C=N–C) groups is 1. The maximum absolute atomic E-state index is 11.3. The van der Waals surface area contributed by atoms with Crippen molar-refractivity contribution in [1.29, 1.82) is 0 Å². The number of carbonyl (C=O) groups excluding carboxylic acids is 1. The van der Waals surface area contributed by atoms with Crippen molar-refractivity contribution in [3.8, 4) is 5.75 Å². The van der Waals surface area contributed by atoms with Crippen LogP contribution in [-0.4, -0.2) is 70.3 Å². The number of esters is 1. The summed E-state index contributed by atoms with van der Waals surface area (Å²) in [5.74, 6) is 1.78. The highest BCUT2D eigenvalue weighted by molar-refractivity contribution is 14.0. The molecule has 1 aliphatic heterocycles. The Balaban J connectivity index is 0.00000450. The van der Waals surface area contributed by atoms with Crippen LogP contribution in [0, 0.1) is 0 Å². The van der Waals surface area contributed by atoms with Gasteiger partial charge in [0.25, 0.3) is 0 Å². The minimum atomic E-state index is -0.0842. The van der Waals surface area contributed by atoms with E-state index in [4.69, 9.17) is 9.47 Å². The predicted octanol–water partition coefficient (Wildman–Crippen LogP) is 3.52. The van der Waals surface area contributed by atoms with Crippen molar-refractivity contribution < 1.29 is 14.3 Å². The third kappa shape index (κ3) is 8.97. The number of piperazine rings is 1. The molecule has 2 rings (SSSR count). The SMILES string of the molecule is CCOC(=O)CCCCCCNC(=NC)N1CCN(c2cccc(OC)c2)CC1.I. The van der Waals surface area contributed by atoms with Crippen molar-refractivity contribution in [2.24, 2.45) is 4.99 Å². The Morgan fingerprint density at radius 2 is 1.87 bits per heavy atom. The van der Waals surface area contributed by atoms with Crippen LogP contribution >= 0.6 is 24.0 Å². The number of rotatable bonds is 10. The van der Waals surface area contributed by atoms with Gasteiger partial charge in [0.1, 0.15) is 5.75 Å². The molecule has 1 fully saturated rings. The van der Waals surface area contributed by atoms with E-state index in [1.807, 2.05) is 26.1 Å². The van der Waals surface area contributed by atoms with E-state index < -0.39 is 0 Å². The molecule has 1 aliphatic rings. The van der Waals surface area contributed by atoms with Crippen LogP contribution in [0.3, 0.4) is 0 Å². The van der Waals surface area contributed by atoms with Crippen LogP contribution in [0.4, 0.5) is 5.69 Å². The predicted molar refractivity (Wildman–Crippen MR) is 133 cm³/mol. The molecule has 170 valence electrons. The van der Waals surface area contributed by atoms with E-state index in [1.165, 1.54) is 5.69 Å². The molecule has 0 unspecified atom stereocenters. The first kappa shape index (κ1) is 26.3. The molecule has 0 spiro atoms. The first-order valence-corrected chi connectivity index (χ1v) is 10.7. The molecular formula is C22H37IN4O3. The maximum Gasteiger partial charge on any atom is 0.305 e. The number of halogens is 1. The summed E-state index contributed by atoms with van der Waals surface area (Å²) < 4.78 is 10.3.